The smallest absolute Gasteiger partial charge is 0.236 e. The standard InChI is InChI=1S/C12H18ClN5O/c1-17(8-10-6-16-11(13)7-15-10)9-12(19)18-4-2-14-3-5-18/h6-7,14H,2-5,8-9H2,1H3. The molecule has 1 aromatic rings. The Hall–Kier alpha value is -1.24. The Morgan fingerprint density at radius 2 is 2.16 bits per heavy atom. The molecule has 1 N–H and O–H groups in total. The zero-order chi connectivity index (χ0) is 13.7. The zero-order valence-electron chi connectivity index (χ0n) is 11.0. The number of carbonyl (C=O) groups is 1. The summed E-state index contributed by atoms with van der Waals surface area (Å²) in [5, 5.41) is 3.61. The van der Waals surface area contributed by atoms with Gasteiger partial charge >= 0.3 is 0 Å². The van der Waals surface area contributed by atoms with Gasteiger partial charge in [-0.3, -0.25) is 14.7 Å². The average molecular weight is 284 g/mol. The van der Waals surface area contributed by atoms with Crippen LogP contribution < -0.4 is 5.32 Å². The van der Waals surface area contributed by atoms with E-state index >= 15 is 0 Å². The molecule has 0 radical (unpaired) electrons. The molecule has 2 rings (SSSR count). The fourth-order valence-electron chi connectivity index (χ4n) is 2.00. The molecular weight excluding hydrogens is 266 g/mol. The molecule has 1 saturated heterocycles. The van der Waals surface area contributed by atoms with Crippen molar-refractivity contribution >= 4 is 17.5 Å². The first kappa shape index (κ1) is 14.2. The maximum Gasteiger partial charge on any atom is 0.236 e. The van der Waals surface area contributed by atoms with E-state index in [4.69, 9.17) is 11.6 Å². The number of nitrogens with one attached hydrogen (secondary N) is 1. The Morgan fingerprint density at radius 3 is 2.79 bits per heavy atom. The predicted molar refractivity (Wildman–Crippen MR) is 72.8 cm³/mol. The molecular formula is C12H18ClN5O. The van der Waals surface area contributed by atoms with Crippen LogP contribution in [0.3, 0.4) is 0 Å². The summed E-state index contributed by atoms with van der Waals surface area (Å²) in [5.41, 5.74) is 0.806. The summed E-state index contributed by atoms with van der Waals surface area (Å²) >= 11 is 5.68. The molecule has 0 unspecified atom stereocenters. The third kappa shape index (κ3) is 4.41. The van der Waals surface area contributed by atoms with E-state index in [0.717, 1.165) is 31.9 Å². The Balaban J connectivity index is 1.81. The van der Waals surface area contributed by atoms with Crippen molar-refractivity contribution < 1.29 is 4.79 Å². The van der Waals surface area contributed by atoms with Crippen LogP contribution in [-0.4, -0.2) is 65.4 Å². The number of amides is 1. The van der Waals surface area contributed by atoms with Crippen molar-refractivity contribution in [3.63, 3.8) is 0 Å². The van der Waals surface area contributed by atoms with E-state index in [0.29, 0.717) is 18.2 Å². The molecule has 1 fully saturated rings. The van der Waals surface area contributed by atoms with Gasteiger partial charge in [0.05, 0.1) is 24.6 Å². The van der Waals surface area contributed by atoms with Crippen LogP contribution in [0.25, 0.3) is 0 Å². The first-order valence-electron chi connectivity index (χ1n) is 6.28. The van der Waals surface area contributed by atoms with Crippen LogP contribution in [-0.2, 0) is 11.3 Å². The van der Waals surface area contributed by atoms with E-state index in [2.05, 4.69) is 15.3 Å². The van der Waals surface area contributed by atoms with E-state index < -0.39 is 0 Å². The number of piperazine rings is 1. The Labute approximate surface area is 117 Å². The molecule has 1 aliphatic heterocycles. The van der Waals surface area contributed by atoms with Gasteiger partial charge in [0, 0.05) is 32.7 Å². The second-order valence-corrected chi connectivity index (χ2v) is 5.02. The molecule has 1 aliphatic rings. The number of hydrogen-bond donors (Lipinski definition) is 1. The molecule has 2 heterocycles. The Bertz CT molecular complexity index is 419. The van der Waals surface area contributed by atoms with Crippen molar-refractivity contribution in [3.8, 4) is 0 Å². The van der Waals surface area contributed by atoms with Gasteiger partial charge in [0.1, 0.15) is 5.15 Å². The van der Waals surface area contributed by atoms with Crippen LogP contribution in [0.15, 0.2) is 12.4 Å². The molecule has 104 valence electrons. The maximum atomic E-state index is 12.1. The van der Waals surface area contributed by atoms with E-state index in [-0.39, 0.29) is 5.91 Å². The van der Waals surface area contributed by atoms with Gasteiger partial charge in [-0.2, -0.15) is 0 Å². The maximum absolute atomic E-state index is 12.1. The van der Waals surface area contributed by atoms with Crippen LogP contribution in [0.5, 0.6) is 0 Å². The lowest BCUT2D eigenvalue weighted by molar-refractivity contribution is -0.132. The molecule has 0 spiro atoms. The predicted octanol–water partition coefficient (Wildman–Crippen LogP) is -0.00640. The van der Waals surface area contributed by atoms with Gasteiger partial charge in [0.15, 0.2) is 0 Å². The SMILES string of the molecule is CN(CC(=O)N1CCNCC1)Cc1cnc(Cl)cn1. The summed E-state index contributed by atoms with van der Waals surface area (Å²) in [4.78, 5) is 24.0. The highest BCUT2D eigenvalue weighted by Crippen LogP contribution is 2.04. The summed E-state index contributed by atoms with van der Waals surface area (Å²) in [6.45, 7) is 4.30. The number of nitrogens with zero attached hydrogens (tertiary/aromatic N) is 4. The molecule has 19 heavy (non-hydrogen) atoms. The van der Waals surface area contributed by atoms with E-state index in [1.165, 1.54) is 6.20 Å². The third-order valence-electron chi connectivity index (χ3n) is 2.98. The number of rotatable bonds is 4. The first-order chi connectivity index (χ1) is 9.15. The third-order valence-corrected chi connectivity index (χ3v) is 3.18. The van der Waals surface area contributed by atoms with Crippen LogP contribution >= 0.6 is 11.6 Å². The highest BCUT2D eigenvalue weighted by Gasteiger charge is 2.17. The monoisotopic (exact) mass is 283 g/mol. The van der Waals surface area contributed by atoms with Crippen molar-refractivity contribution in [2.45, 2.75) is 6.54 Å². The highest BCUT2D eigenvalue weighted by molar-refractivity contribution is 6.29. The second kappa shape index (κ2) is 6.79. The van der Waals surface area contributed by atoms with Gasteiger partial charge in [-0.1, -0.05) is 11.6 Å². The number of aromatic nitrogens is 2. The first-order valence-corrected chi connectivity index (χ1v) is 6.66. The summed E-state index contributed by atoms with van der Waals surface area (Å²) in [5.74, 6) is 0.158. The molecule has 0 aliphatic carbocycles. The molecule has 1 amide bonds. The van der Waals surface area contributed by atoms with Gasteiger partial charge in [-0.25, -0.2) is 4.98 Å². The van der Waals surface area contributed by atoms with Crippen LogP contribution in [0.4, 0.5) is 0 Å². The number of likely N-dealkylation sites (N-methyl/N-ethyl adjacent to an activating group) is 1. The van der Waals surface area contributed by atoms with Crippen molar-refractivity contribution in [1.29, 1.82) is 0 Å². The largest absolute Gasteiger partial charge is 0.339 e. The minimum atomic E-state index is 0.158. The molecule has 0 saturated carbocycles. The average Bonchev–Trinajstić information content (AvgIpc) is 2.42. The minimum absolute atomic E-state index is 0.158. The van der Waals surface area contributed by atoms with Crippen LogP contribution in [0.1, 0.15) is 5.69 Å². The minimum Gasteiger partial charge on any atom is -0.339 e. The molecule has 0 atom stereocenters. The van der Waals surface area contributed by atoms with Gasteiger partial charge in [0.25, 0.3) is 0 Å². The van der Waals surface area contributed by atoms with E-state index in [1.807, 2.05) is 16.8 Å². The van der Waals surface area contributed by atoms with Gasteiger partial charge < -0.3 is 10.2 Å². The summed E-state index contributed by atoms with van der Waals surface area (Å²) in [6.07, 6.45) is 3.15. The molecule has 0 bridgehead atoms. The molecule has 0 aromatic carbocycles. The molecule has 1 aromatic heterocycles. The second-order valence-electron chi connectivity index (χ2n) is 4.63. The van der Waals surface area contributed by atoms with Crippen molar-refractivity contribution in [2.24, 2.45) is 0 Å². The van der Waals surface area contributed by atoms with Gasteiger partial charge in [0.2, 0.25) is 5.91 Å². The van der Waals surface area contributed by atoms with Crippen LogP contribution in [0.2, 0.25) is 5.15 Å². The lowest BCUT2D eigenvalue weighted by Crippen LogP contribution is -2.49. The van der Waals surface area contributed by atoms with Crippen molar-refractivity contribution in [3.05, 3.63) is 23.2 Å². The van der Waals surface area contributed by atoms with Gasteiger partial charge in [-0.15, -0.1) is 0 Å². The number of halogens is 1. The topological polar surface area (TPSA) is 61.4 Å². The summed E-state index contributed by atoms with van der Waals surface area (Å²) < 4.78 is 0. The number of carbonyl (C=O) groups excluding carboxylic acids is 1. The molecule has 6 nitrogen and oxygen atoms in total. The summed E-state index contributed by atoms with van der Waals surface area (Å²) in [6, 6.07) is 0. The highest BCUT2D eigenvalue weighted by atomic mass is 35.5. The number of hydrogen-bond acceptors (Lipinski definition) is 5. The summed E-state index contributed by atoms with van der Waals surface area (Å²) in [7, 11) is 1.90. The zero-order valence-corrected chi connectivity index (χ0v) is 11.7. The van der Waals surface area contributed by atoms with E-state index in [9.17, 15) is 4.79 Å². The van der Waals surface area contributed by atoms with Crippen LogP contribution in [0, 0.1) is 0 Å². The molecule has 7 heteroatoms. The lowest BCUT2D eigenvalue weighted by atomic mass is 10.3. The fraction of sp³-hybridized carbons (Fsp3) is 0.583. The van der Waals surface area contributed by atoms with Crippen molar-refractivity contribution in [2.75, 3.05) is 39.8 Å². The normalized spacial score (nSPS) is 15.8. The fourth-order valence-corrected chi connectivity index (χ4v) is 2.10. The lowest BCUT2D eigenvalue weighted by Gasteiger charge is -2.29. The van der Waals surface area contributed by atoms with Gasteiger partial charge in [-0.05, 0) is 7.05 Å². The quantitative estimate of drug-likeness (QED) is 0.842. The van der Waals surface area contributed by atoms with Crippen molar-refractivity contribution in [1.82, 2.24) is 25.1 Å². The Morgan fingerprint density at radius 1 is 1.42 bits per heavy atom. The Kier molecular flexibility index (Phi) is 5.07. The van der Waals surface area contributed by atoms with E-state index in [1.54, 1.807) is 6.20 Å².